The lowest BCUT2D eigenvalue weighted by Gasteiger charge is -2.28. The van der Waals surface area contributed by atoms with E-state index in [1.807, 2.05) is 39.7 Å². The summed E-state index contributed by atoms with van der Waals surface area (Å²) in [6.07, 6.45) is 8.65. The monoisotopic (exact) mass is 447 g/mol. The maximum Gasteiger partial charge on any atom is 0.276 e. The summed E-state index contributed by atoms with van der Waals surface area (Å²) in [5.74, 6) is 0.0404. The van der Waals surface area contributed by atoms with Gasteiger partial charge in [0.15, 0.2) is 5.69 Å². The van der Waals surface area contributed by atoms with Crippen LogP contribution in [-0.2, 0) is 30.8 Å². The third-order valence-corrected chi connectivity index (χ3v) is 6.59. The third-order valence-electron chi connectivity index (χ3n) is 6.59. The summed E-state index contributed by atoms with van der Waals surface area (Å²) in [5, 5.41) is 12.6. The SMILES string of the molecule is Cc1cnn(CCC(=O)N2CCCC2Cn2cc(C(=O)N3CCc4ccccc4C3)nn2)c1. The zero-order valence-corrected chi connectivity index (χ0v) is 18.9. The number of aryl methyl sites for hydroxylation is 2. The van der Waals surface area contributed by atoms with Crippen LogP contribution in [0.15, 0.2) is 42.9 Å². The van der Waals surface area contributed by atoms with E-state index in [2.05, 4.69) is 27.5 Å². The zero-order valence-electron chi connectivity index (χ0n) is 18.9. The Labute approximate surface area is 193 Å². The van der Waals surface area contributed by atoms with Crippen molar-refractivity contribution in [2.45, 2.75) is 58.3 Å². The van der Waals surface area contributed by atoms with Crippen molar-refractivity contribution in [3.63, 3.8) is 0 Å². The molecule has 0 aliphatic carbocycles. The second kappa shape index (κ2) is 9.17. The first-order chi connectivity index (χ1) is 16.1. The van der Waals surface area contributed by atoms with Crippen molar-refractivity contribution in [3.05, 3.63) is 65.2 Å². The molecular formula is C24H29N7O2. The van der Waals surface area contributed by atoms with Crippen molar-refractivity contribution >= 4 is 11.8 Å². The molecule has 0 saturated carbocycles. The van der Waals surface area contributed by atoms with E-state index in [-0.39, 0.29) is 17.9 Å². The van der Waals surface area contributed by atoms with Gasteiger partial charge in [0.1, 0.15) is 0 Å². The van der Waals surface area contributed by atoms with E-state index in [0.717, 1.165) is 31.4 Å². The van der Waals surface area contributed by atoms with Crippen LogP contribution in [0.3, 0.4) is 0 Å². The molecule has 2 aliphatic rings. The van der Waals surface area contributed by atoms with Crippen LogP contribution in [0.2, 0.25) is 0 Å². The average molecular weight is 448 g/mol. The minimum atomic E-state index is -0.0929. The van der Waals surface area contributed by atoms with Gasteiger partial charge in [-0.2, -0.15) is 5.10 Å². The fourth-order valence-electron chi connectivity index (χ4n) is 4.83. The van der Waals surface area contributed by atoms with Crippen molar-refractivity contribution in [1.29, 1.82) is 0 Å². The van der Waals surface area contributed by atoms with E-state index in [9.17, 15) is 9.59 Å². The Bertz CT molecular complexity index is 1150. The Morgan fingerprint density at radius 3 is 2.76 bits per heavy atom. The predicted molar refractivity (Wildman–Crippen MR) is 121 cm³/mol. The molecule has 1 saturated heterocycles. The number of carbonyl (C=O) groups is 2. The lowest BCUT2D eigenvalue weighted by atomic mass is 10.00. The van der Waals surface area contributed by atoms with Gasteiger partial charge in [0.05, 0.1) is 25.0 Å². The van der Waals surface area contributed by atoms with Gasteiger partial charge in [-0.1, -0.05) is 29.5 Å². The fraction of sp³-hybridized carbons (Fsp3) is 0.458. The molecule has 33 heavy (non-hydrogen) atoms. The molecule has 5 rings (SSSR count). The van der Waals surface area contributed by atoms with Crippen LogP contribution in [0, 0.1) is 6.92 Å². The van der Waals surface area contributed by atoms with Gasteiger partial charge in [-0.05, 0) is 42.9 Å². The van der Waals surface area contributed by atoms with Gasteiger partial charge >= 0.3 is 0 Å². The van der Waals surface area contributed by atoms with Crippen LogP contribution in [0.5, 0.6) is 0 Å². The zero-order chi connectivity index (χ0) is 22.8. The number of aromatic nitrogens is 5. The Morgan fingerprint density at radius 1 is 1.09 bits per heavy atom. The van der Waals surface area contributed by atoms with Gasteiger partial charge < -0.3 is 9.80 Å². The van der Waals surface area contributed by atoms with Gasteiger partial charge in [0, 0.05) is 38.8 Å². The summed E-state index contributed by atoms with van der Waals surface area (Å²) in [7, 11) is 0. The summed E-state index contributed by atoms with van der Waals surface area (Å²) in [6.45, 7) is 5.16. The predicted octanol–water partition coefficient (Wildman–Crippen LogP) is 2.06. The van der Waals surface area contributed by atoms with E-state index < -0.39 is 0 Å². The highest BCUT2D eigenvalue weighted by Gasteiger charge is 2.30. The Hall–Kier alpha value is -3.49. The van der Waals surface area contributed by atoms with Crippen LogP contribution >= 0.6 is 0 Å². The quantitative estimate of drug-likeness (QED) is 0.577. The highest BCUT2D eigenvalue weighted by Crippen LogP contribution is 2.22. The number of hydrogen-bond donors (Lipinski definition) is 0. The molecule has 0 N–H and O–H groups in total. The molecule has 0 bridgehead atoms. The first-order valence-electron chi connectivity index (χ1n) is 11.6. The van der Waals surface area contributed by atoms with Crippen molar-refractivity contribution in [2.75, 3.05) is 13.1 Å². The van der Waals surface area contributed by atoms with Crippen LogP contribution in [0.25, 0.3) is 0 Å². The van der Waals surface area contributed by atoms with E-state index in [0.29, 0.717) is 38.3 Å². The Balaban J connectivity index is 1.18. The molecule has 4 heterocycles. The number of amides is 2. The molecule has 9 nitrogen and oxygen atoms in total. The Morgan fingerprint density at radius 2 is 1.94 bits per heavy atom. The largest absolute Gasteiger partial charge is 0.338 e. The van der Waals surface area contributed by atoms with Crippen LogP contribution in [0.4, 0.5) is 0 Å². The molecule has 2 amide bonds. The van der Waals surface area contributed by atoms with Crippen molar-refractivity contribution in [2.24, 2.45) is 0 Å². The van der Waals surface area contributed by atoms with E-state index in [1.165, 1.54) is 11.1 Å². The fourth-order valence-corrected chi connectivity index (χ4v) is 4.83. The highest BCUT2D eigenvalue weighted by atomic mass is 16.2. The van der Waals surface area contributed by atoms with Crippen molar-refractivity contribution < 1.29 is 9.59 Å². The molecule has 172 valence electrons. The molecule has 0 spiro atoms. The smallest absolute Gasteiger partial charge is 0.276 e. The molecule has 9 heteroatoms. The molecule has 1 aromatic carbocycles. The summed E-state index contributed by atoms with van der Waals surface area (Å²) >= 11 is 0. The third kappa shape index (κ3) is 4.67. The van der Waals surface area contributed by atoms with Crippen molar-refractivity contribution in [1.82, 2.24) is 34.6 Å². The van der Waals surface area contributed by atoms with E-state index in [1.54, 1.807) is 17.1 Å². The maximum absolute atomic E-state index is 13.0. The summed E-state index contributed by atoms with van der Waals surface area (Å²) in [4.78, 5) is 29.6. The second-order valence-corrected chi connectivity index (χ2v) is 8.99. The number of hydrogen-bond acceptors (Lipinski definition) is 5. The molecule has 2 aliphatic heterocycles. The maximum atomic E-state index is 13.0. The lowest BCUT2D eigenvalue weighted by Crippen LogP contribution is -2.38. The first-order valence-corrected chi connectivity index (χ1v) is 11.6. The van der Waals surface area contributed by atoms with Crippen LogP contribution in [-0.4, -0.2) is 65.5 Å². The van der Waals surface area contributed by atoms with Gasteiger partial charge in [0.2, 0.25) is 5.91 Å². The molecule has 0 radical (unpaired) electrons. The lowest BCUT2D eigenvalue weighted by molar-refractivity contribution is -0.132. The normalized spacial score (nSPS) is 17.9. The van der Waals surface area contributed by atoms with Gasteiger partial charge in [-0.25, -0.2) is 4.68 Å². The number of likely N-dealkylation sites (tertiary alicyclic amines) is 1. The molecule has 1 atom stereocenters. The standard InChI is InChI=1S/C24H29N7O2/c1-18-13-25-29(14-18)12-9-23(32)31-10-4-7-21(31)16-30-17-22(26-27-30)24(33)28-11-8-19-5-2-3-6-20(19)15-28/h2-3,5-6,13-14,17,21H,4,7-12,15-16H2,1H3. The topological polar surface area (TPSA) is 89.2 Å². The number of fused-ring (bicyclic) bond motifs is 1. The number of benzene rings is 1. The van der Waals surface area contributed by atoms with Crippen LogP contribution < -0.4 is 0 Å². The molecule has 1 fully saturated rings. The Kier molecular flexibility index (Phi) is 5.93. The number of rotatable bonds is 6. The molecule has 1 unspecified atom stereocenters. The summed E-state index contributed by atoms with van der Waals surface area (Å²) < 4.78 is 3.52. The molecule has 3 aromatic rings. The van der Waals surface area contributed by atoms with E-state index in [4.69, 9.17) is 0 Å². The van der Waals surface area contributed by atoms with Gasteiger partial charge in [-0.3, -0.25) is 14.3 Å². The second-order valence-electron chi connectivity index (χ2n) is 8.99. The van der Waals surface area contributed by atoms with Crippen LogP contribution in [0.1, 0.15) is 46.4 Å². The summed E-state index contributed by atoms with van der Waals surface area (Å²) in [5.41, 5.74) is 3.94. The molecule has 2 aromatic heterocycles. The van der Waals surface area contributed by atoms with Gasteiger partial charge in [-0.15, -0.1) is 5.10 Å². The number of carbonyl (C=O) groups excluding carboxylic acids is 2. The number of nitrogens with zero attached hydrogens (tertiary/aromatic N) is 7. The molecular weight excluding hydrogens is 418 g/mol. The van der Waals surface area contributed by atoms with E-state index >= 15 is 0 Å². The van der Waals surface area contributed by atoms with Gasteiger partial charge in [0.25, 0.3) is 5.91 Å². The minimum Gasteiger partial charge on any atom is -0.338 e. The average Bonchev–Trinajstić information content (AvgIpc) is 3.58. The highest BCUT2D eigenvalue weighted by molar-refractivity contribution is 5.92. The summed E-state index contributed by atoms with van der Waals surface area (Å²) in [6, 6.07) is 8.32. The minimum absolute atomic E-state index is 0.0726. The first kappa shape index (κ1) is 21.4. The van der Waals surface area contributed by atoms with Crippen molar-refractivity contribution in [3.8, 4) is 0 Å².